The molecule has 1 aliphatic rings. The summed E-state index contributed by atoms with van der Waals surface area (Å²) in [5.41, 5.74) is -0.484. The quantitative estimate of drug-likeness (QED) is 0.652. The van der Waals surface area contributed by atoms with Crippen LogP contribution in [0, 0.1) is 0 Å². The molecule has 1 saturated heterocycles. The van der Waals surface area contributed by atoms with Crippen molar-refractivity contribution < 1.29 is 13.7 Å². The van der Waals surface area contributed by atoms with Crippen molar-refractivity contribution in [3.63, 3.8) is 0 Å². The Balaban J connectivity index is 2.34. The lowest BCUT2D eigenvalue weighted by molar-refractivity contribution is 0.0142. The van der Waals surface area contributed by atoms with Crippen LogP contribution in [-0.4, -0.2) is 39.1 Å². The molecule has 0 aromatic heterocycles. The molecule has 0 aromatic carbocycles. The van der Waals surface area contributed by atoms with Gasteiger partial charge >= 0.3 is 6.09 Å². The Bertz CT molecular complexity index is 258. The molecule has 6 heteroatoms. The smallest absolute Gasteiger partial charge is 0.410 e. The summed E-state index contributed by atoms with van der Waals surface area (Å²) in [7, 11) is 4.02. The van der Waals surface area contributed by atoms with Gasteiger partial charge in [0.2, 0.25) is 0 Å². The van der Waals surface area contributed by atoms with Gasteiger partial charge in [-0.15, -0.1) is 0 Å². The van der Waals surface area contributed by atoms with E-state index in [-0.39, 0.29) is 11.3 Å². The number of halogens is 1. The van der Waals surface area contributed by atoms with Crippen LogP contribution in [0.15, 0.2) is 0 Å². The molecule has 1 fully saturated rings. The molecule has 14 heavy (non-hydrogen) atoms. The normalized spacial score (nSPS) is 20.1. The third kappa shape index (κ3) is 3.13. The maximum Gasteiger partial charge on any atom is 0.410 e. The predicted octanol–water partition coefficient (Wildman–Crippen LogP) is 1.51. The number of likely N-dealkylation sites (tertiary alicyclic amines) is 1. The lowest BCUT2D eigenvalue weighted by Crippen LogP contribution is -2.55. The molecule has 4 nitrogen and oxygen atoms in total. The van der Waals surface area contributed by atoms with Crippen molar-refractivity contribution in [2.45, 2.75) is 31.6 Å². The number of carbonyl (C=O) groups is 1. The van der Waals surface area contributed by atoms with E-state index in [2.05, 4.69) is 0 Å². The third-order valence-corrected chi connectivity index (χ3v) is 3.34. The summed E-state index contributed by atoms with van der Waals surface area (Å²) in [5.74, 6) is 0. The van der Waals surface area contributed by atoms with Crippen LogP contribution in [0.3, 0.4) is 0 Å². The van der Waals surface area contributed by atoms with E-state index >= 15 is 0 Å². The number of carbonyl (C=O) groups excluding carboxylic acids is 1. The summed E-state index contributed by atoms with van der Waals surface area (Å²) in [6, 6.07) is 0. The lowest BCUT2D eigenvalue weighted by Gasteiger charge is -2.37. The minimum Gasteiger partial charge on any atom is -0.444 e. The average Bonchev–Trinajstić information content (AvgIpc) is 1.75. The van der Waals surface area contributed by atoms with Crippen LogP contribution >= 0.6 is 10.7 Å². The molecule has 0 bridgehead atoms. The van der Waals surface area contributed by atoms with Crippen molar-refractivity contribution in [1.29, 1.82) is 0 Å². The fourth-order valence-electron chi connectivity index (χ4n) is 1.03. The van der Waals surface area contributed by atoms with Crippen LogP contribution in [0.2, 0.25) is 0 Å². The Morgan fingerprint density at radius 1 is 1.50 bits per heavy atom. The minimum absolute atomic E-state index is 0.107. The first-order valence-electron chi connectivity index (χ1n) is 4.34. The van der Waals surface area contributed by atoms with Gasteiger partial charge in [0, 0.05) is 13.1 Å². The van der Waals surface area contributed by atoms with E-state index in [1.807, 2.05) is 20.8 Å². The van der Waals surface area contributed by atoms with Gasteiger partial charge in [-0.1, -0.05) is 0 Å². The Labute approximate surface area is 90.5 Å². The second-order valence-electron chi connectivity index (χ2n) is 4.26. The molecule has 82 valence electrons. The monoisotopic (exact) mass is 239 g/mol. The molecular formula is C8H14ClNO3S. The van der Waals surface area contributed by atoms with Crippen molar-refractivity contribution >= 4 is 26.8 Å². The topological polar surface area (TPSA) is 46.6 Å². The highest BCUT2D eigenvalue weighted by molar-refractivity contribution is 8.08. The molecule has 1 heterocycles. The number of ether oxygens (including phenoxy) is 1. The number of nitrogens with zero attached hydrogens (tertiary/aromatic N) is 1. The maximum atomic E-state index is 11.4. The SMILES string of the molecule is CC(C)(C)OC(=O)N1CC(S(=O)Cl)C1. The molecular weight excluding hydrogens is 226 g/mol. The molecule has 1 atom stereocenters. The first-order chi connectivity index (χ1) is 6.29. The van der Waals surface area contributed by atoms with Gasteiger partial charge in [-0.05, 0) is 31.5 Å². The number of rotatable bonds is 1. The standard InChI is InChI=1S/C8H14ClNO3S/c1-8(2,3)13-7(11)10-4-6(5-10)14(9)12/h6H,4-5H2,1-3H3. The van der Waals surface area contributed by atoms with E-state index in [0.29, 0.717) is 13.1 Å². The van der Waals surface area contributed by atoms with Crippen molar-refractivity contribution in [3.8, 4) is 0 Å². The largest absolute Gasteiger partial charge is 0.444 e. The molecule has 1 unspecified atom stereocenters. The fraction of sp³-hybridized carbons (Fsp3) is 0.875. The summed E-state index contributed by atoms with van der Waals surface area (Å²) >= 11 is 0. The van der Waals surface area contributed by atoms with Crippen LogP contribution in [0.4, 0.5) is 4.79 Å². The zero-order valence-electron chi connectivity index (χ0n) is 8.45. The zero-order valence-corrected chi connectivity index (χ0v) is 10.0. The highest BCUT2D eigenvalue weighted by Crippen LogP contribution is 2.19. The Morgan fingerprint density at radius 3 is 2.36 bits per heavy atom. The Kier molecular flexibility index (Phi) is 3.42. The average molecular weight is 240 g/mol. The van der Waals surface area contributed by atoms with E-state index in [4.69, 9.17) is 15.4 Å². The second kappa shape index (κ2) is 4.06. The molecule has 1 rings (SSSR count). The van der Waals surface area contributed by atoms with E-state index < -0.39 is 15.6 Å². The number of hydrogen-bond donors (Lipinski definition) is 0. The molecule has 0 aromatic rings. The van der Waals surface area contributed by atoms with E-state index in [9.17, 15) is 9.00 Å². The Morgan fingerprint density at radius 2 is 2.00 bits per heavy atom. The molecule has 0 N–H and O–H groups in total. The molecule has 0 spiro atoms. The van der Waals surface area contributed by atoms with Crippen molar-refractivity contribution in [1.82, 2.24) is 4.90 Å². The van der Waals surface area contributed by atoms with Gasteiger partial charge in [0.1, 0.15) is 15.6 Å². The van der Waals surface area contributed by atoms with Crippen LogP contribution < -0.4 is 0 Å². The highest BCUT2D eigenvalue weighted by Gasteiger charge is 2.36. The van der Waals surface area contributed by atoms with E-state index in [0.717, 1.165) is 0 Å². The predicted molar refractivity (Wildman–Crippen MR) is 55.6 cm³/mol. The summed E-state index contributed by atoms with van der Waals surface area (Å²) in [4.78, 5) is 12.9. The third-order valence-electron chi connectivity index (χ3n) is 1.76. The van der Waals surface area contributed by atoms with Crippen LogP contribution in [0.25, 0.3) is 0 Å². The van der Waals surface area contributed by atoms with E-state index in [1.165, 1.54) is 4.90 Å². The molecule has 1 amide bonds. The highest BCUT2D eigenvalue weighted by atomic mass is 35.7. The summed E-state index contributed by atoms with van der Waals surface area (Å²) in [5, 5.41) is -0.107. The molecule has 1 aliphatic heterocycles. The van der Waals surface area contributed by atoms with Gasteiger partial charge < -0.3 is 9.64 Å². The molecule has 0 radical (unpaired) electrons. The van der Waals surface area contributed by atoms with Crippen LogP contribution in [0.1, 0.15) is 20.8 Å². The first kappa shape index (κ1) is 11.8. The first-order valence-corrected chi connectivity index (χ1v) is 6.38. The van der Waals surface area contributed by atoms with Gasteiger partial charge in [0.25, 0.3) is 0 Å². The van der Waals surface area contributed by atoms with Crippen molar-refractivity contribution in [2.75, 3.05) is 13.1 Å². The van der Waals surface area contributed by atoms with Crippen molar-refractivity contribution in [2.24, 2.45) is 0 Å². The van der Waals surface area contributed by atoms with Gasteiger partial charge in [0.15, 0.2) is 0 Å². The number of amides is 1. The Hall–Kier alpha value is -0.290. The van der Waals surface area contributed by atoms with Gasteiger partial charge in [-0.2, -0.15) is 0 Å². The van der Waals surface area contributed by atoms with Crippen molar-refractivity contribution in [3.05, 3.63) is 0 Å². The molecule has 0 saturated carbocycles. The fourth-order valence-corrected chi connectivity index (χ4v) is 1.96. The summed E-state index contributed by atoms with van der Waals surface area (Å²) < 4.78 is 15.9. The van der Waals surface area contributed by atoms with Crippen LogP contribution in [0.5, 0.6) is 0 Å². The van der Waals surface area contributed by atoms with Gasteiger partial charge in [-0.25, -0.2) is 9.00 Å². The second-order valence-corrected chi connectivity index (χ2v) is 6.33. The lowest BCUT2D eigenvalue weighted by atomic mass is 10.2. The minimum atomic E-state index is -1.36. The van der Waals surface area contributed by atoms with Gasteiger partial charge in [0.05, 0.1) is 5.25 Å². The summed E-state index contributed by atoms with van der Waals surface area (Å²) in [6.45, 7) is 6.27. The van der Waals surface area contributed by atoms with E-state index in [1.54, 1.807) is 0 Å². The zero-order chi connectivity index (χ0) is 10.9. The summed E-state index contributed by atoms with van der Waals surface area (Å²) in [6.07, 6.45) is -0.365. The van der Waals surface area contributed by atoms with Gasteiger partial charge in [-0.3, -0.25) is 0 Å². The maximum absolute atomic E-state index is 11.4. The van der Waals surface area contributed by atoms with Crippen LogP contribution in [-0.2, 0) is 14.7 Å². The number of hydrogen-bond acceptors (Lipinski definition) is 3. The molecule has 0 aliphatic carbocycles.